The van der Waals surface area contributed by atoms with Gasteiger partial charge in [-0.25, -0.2) is 0 Å². The van der Waals surface area contributed by atoms with E-state index in [1.807, 2.05) is 0 Å². The zero-order chi connectivity index (χ0) is 31.9. The molecule has 0 aliphatic rings. The van der Waals surface area contributed by atoms with Gasteiger partial charge in [0, 0.05) is 6.42 Å². The van der Waals surface area contributed by atoms with Crippen LogP contribution in [0.15, 0.2) is 12.2 Å². The van der Waals surface area contributed by atoms with Crippen LogP contribution < -0.4 is 0 Å². The third-order valence-corrected chi connectivity index (χ3v) is 9.00. The lowest BCUT2D eigenvalue weighted by Crippen LogP contribution is -2.36. The monoisotopic (exact) mass is 611 g/mol. The summed E-state index contributed by atoms with van der Waals surface area (Å²) in [5, 5.41) is 38.4. The highest BCUT2D eigenvalue weighted by molar-refractivity contribution is 5.74. The Bertz CT molecular complexity index is 663. The summed E-state index contributed by atoms with van der Waals surface area (Å²) in [4.78, 5) is 22.9. The van der Waals surface area contributed by atoms with Crippen molar-refractivity contribution >= 4 is 11.9 Å². The standard InChI is InChI=1S/C37H70O6/c1-2-3-4-5-6-7-8-15-18-21-24-27-30-37(36(42)43,32-34(39)33-38)31-28-25-22-19-16-13-11-9-10-12-14-17-20-23-26-29-35(40)41/h9-10,34,38-39H,2-8,11-33H2,1H3,(H,40,41)(H,42,43)/b10-9-. The van der Waals surface area contributed by atoms with Crippen LogP contribution in [0.3, 0.4) is 0 Å². The molecule has 0 fully saturated rings. The molecule has 0 aromatic carbocycles. The van der Waals surface area contributed by atoms with E-state index in [4.69, 9.17) is 5.11 Å². The number of allylic oxidation sites excluding steroid dienone is 2. The van der Waals surface area contributed by atoms with Crippen LogP contribution in [-0.4, -0.2) is 45.1 Å². The number of aliphatic hydroxyl groups is 2. The lowest BCUT2D eigenvalue weighted by Gasteiger charge is -2.31. The second-order valence-electron chi connectivity index (χ2n) is 13.1. The number of carboxylic acid groups (broad SMARTS) is 2. The molecular weight excluding hydrogens is 540 g/mol. The number of carboxylic acids is 2. The van der Waals surface area contributed by atoms with Crippen molar-refractivity contribution in [2.75, 3.05) is 6.61 Å². The summed E-state index contributed by atoms with van der Waals surface area (Å²) in [6.45, 7) is 1.87. The van der Waals surface area contributed by atoms with Gasteiger partial charge in [0.2, 0.25) is 0 Å². The fourth-order valence-corrected chi connectivity index (χ4v) is 6.19. The van der Waals surface area contributed by atoms with Crippen LogP contribution in [0.5, 0.6) is 0 Å². The Kier molecular flexibility index (Phi) is 29.6. The number of aliphatic carboxylic acids is 2. The number of rotatable bonds is 34. The Morgan fingerprint density at radius 3 is 1.33 bits per heavy atom. The van der Waals surface area contributed by atoms with Crippen molar-refractivity contribution in [3.8, 4) is 0 Å². The molecule has 2 unspecified atom stereocenters. The van der Waals surface area contributed by atoms with Crippen molar-refractivity contribution in [2.24, 2.45) is 5.41 Å². The van der Waals surface area contributed by atoms with Crippen LogP contribution in [0.1, 0.15) is 193 Å². The van der Waals surface area contributed by atoms with E-state index < -0.39 is 23.5 Å². The van der Waals surface area contributed by atoms with Crippen LogP contribution in [0.4, 0.5) is 0 Å². The second kappa shape index (κ2) is 30.6. The first-order valence-corrected chi connectivity index (χ1v) is 18.3. The average Bonchev–Trinajstić information content (AvgIpc) is 2.98. The Hall–Kier alpha value is -1.40. The molecule has 254 valence electrons. The highest BCUT2D eigenvalue weighted by Gasteiger charge is 2.39. The molecule has 0 aliphatic heterocycles. The van der Waals surface area contributed by atoms with Crippen LogP contribution in [0, 0.1) is 5.41 Å². The highest BCUT2D eigenvalue weighted by atomic mass is 16.4. The number of unbranched alkanes of at least 4 members (excludes halogenated alkanes) is 22. The molecule has 0 radical (unpaired) electrons. The fraction of sp³-hybridized carbons (Fsp3) is 0.892. The Morgan fingerprint density at radius 2 is 0.953 bits per heavy atom. The topological polar surface area (TPSA) is 115 Å². The molecular formula is C37H70O6. The zero-order valence-electron chi connectivity index (χ0n) is 28.1. The molecule has 0 amide bonds. The van der Waals surface area contributed by atoms with Gasteiger partial charge in [0.05, 0.1) is 18.1 Å². The van der Waals surface area contributed by atoms with E-state index in [2.05, 4.69) is 19.1 Å². The minimum absolute atomic E-state index is 0.147. The van der Waals surface area contributed by atoms with Crippen molar-refractivity contribution in [3.63, 3.8) is 0 Å². The second-order valence-corrected chi connectivity index (χ2v) is 13.1. The maximum absolute atomic E-state index is 12.4. The van der Waals surface area contributed by atoms with Gasteiger partial charge in [0.25, 0.3) is 0 Å². The molecule has 6 heteroatoms. The molecule has 0 aromatic rings. The van der Waals surface area contributed by atoms with Gasteiger partial charge < -0.3 is 20.4 Å². The third-order valence-electron chi connectivity index (χ3n) is 9.00. The van der Waals surface area contributed by atoms with Crippen molar-refractivity contribution in [1.29, 1.82) is 0 Å². The molecule has 0 saturated carbocycles. The Labute approximate surface area is 265 Å². The van der Waals surface area contributed by atoms with E-state index in [0.717, 1.165) is 70.6 Å². The fourth-order valence-electron chi connectivity index (χ4n) is 6.19. The van der Waals surface area contributed by atoms with E-state index >= 15 is 0 Å². The lowest BCUT2D eigenvalue weighted by molar-refractivity contribution is -0.153. The highest BCUT2D eigenvalue weighted by Crippen LogP contribution is 2.37. The third kappa shape index (κ3) is 26.7. The molecule has 0 aromatic heterocycles. The van der Waals surface area contributed by atoms with Crippen LogP contribution in [0.25, 0.3) is 0 Å². The van der Waals surface area contributed by atoms with Gasteiger partial charge in [-0.05, 0) is 51.4 Å². The predicted octanol–water partition coefficient (Wildman–Crippen LogP) is 10.4. The van der Waals surface area contributed by atoms with Gasteiger partial charge in [-0.2, -0.15) is 0 Å². The summed E-state index contributed by atoms with van der Waals surface area (Å²) in [5.74, 6) is -1.51. The van der Waals surface area contributed by atoms with Crippen LogP contribution >= 0.6 is 0 Å². The summed E-state index contributed by atoms with van der Waals surface area (Å²) >= 11 is 0. The Balaban J connectivity index is 4.04. The maximum Gasteiger partial charge on any atom is 0.309 e. The van der Waals surface area contributed by atoms with Gasteiger partial charge >= 0.3 is 11.9 Å². The van der Waals surface area contributed by atoms with Gasteiger partial charge in [-0.1, -0.05) is 147 Å². The van der Waals surface area contributed by atoms with Gasteiger partial charge in [0.1, 0.15) is 0 Å². The molecule has 0 heterocycles. The molecule has 6 nitrogen and oxygen atoms in total. The summed E-state index contributed by atoms with van der Waals surface area (Å²) in [7, 11) is 0. The van der Waals surface area contributed by atoms with Crippen molar-refractivity contribution < 1.29 is 30.0 Å². The van der Waals surface area contributed by atoms with Crippen molar-refractivity contribution in [1.82, 2.24) is 0 Å². The Morgan fingerprint density at radius 1 is 0.581 bits per heavy atom. The van der Waals surface area contributed by atoms with Crippen LogP contribution in [-0.2, 0) is 9.59 Å². The van der Waals surface area contributed by atoms with Crippen molar-refractivity contribution in [2.45, 2.75) is 199 Å². The average molecular weight is 611 g/mol. The molecule has 0 bridgehead atoms. The summed E-state index contributed by atoms with van der Waals surface area (Å²) in [5.41, 5.74) is -0.927. The molecule has 0 saturated heterocycles. The molecule has 43 heavy (non-hydrogen) atoms. The first-order valence-electron chi connectivity index (χ1n) is 18.3. The SMILES string of the molecule is CCCCCCCCCCCCCCC(CCCCCCCC/C=C\CCCCCCCC(=O)O)(CC(O)CO)C(=O)O. The predicted molar refractivity (Wildman–Crippen MR) is 180 cm³/mol. The normalized spacial score (nSPS) is 13.8. The van der Waals surface area contributed by atoms with Gasteiger partial charge in [-0.15, -0.1) is 0 Å². The van der Waals surface area contributed by atoms with Crippen LogP contribution in [0.2, 0.25) is 0 Å². The zero-order valence-corrected chi connectivity index (χ0v) is 28.1. The van der Waals surface area contributed by atoms with E-state index in [1.54, 1.807) is 0 Å². The molecule has 2 atom stereocenters. The number of hydrogen-bond donors (Lipinski definition) is 4. The summed E-state index contributed by atoms with van der Waals surface area (Å²) in [6.07, 6.45) is 34.2. The molecule has 0 spiro atoms. The number of aliphatic hydroxyl groups excluding tert-OH is 2. The minimum Gasteiger partial charge on any atom is -0.481 e. The lowest BCUT2D eigenvalue weighted by atomic mass is 9.73. The van der Waals surface area contributed by atoms with E-state index in [9.17, 15) is 24.9 Å². The van der Waals surface area contributed by atoms with E-state index in [-0.39, 0.29) is 19.4 Å². The number of hydrogen-bond acceptors (Lipinski definition) is 4. The molecule has 0 rings (SSSR count). The summed E-state index contributed by atoms with van der Waals surface area (Å²) in [6, 6.07) is 0. The largest absolute Gasteiger partial charge is 0.481 e. The van der Waals surface area contributed by atoms with Gasteiger partial charge in [-0.3, -0.25) is 9.59 Å². The number of carbonyl (C=O) groups is 2. The van der Waals surface area contributed by atoms with Crippen molar-refractivity contribution in [3.05, 3.63) is 12.2 Å². The first kappa shape index (κ1) is 41.6. The molecule has 0 aliphatic carbocycles. The first-order chi connectivity index (χ1) is 20.9. The molecule has 4 N–H and O–H groups in total. The van der Waals surface area contributed by atoms with E-state index in [0.29, 0.717) is 12.8 Å². The van der Waals surface area contributed by atoms with Gasteiger partial charge in [0.15, 0.2) is 0 Å². The maximum atomic E-state index is 12.4. The van der Waals surface area contributed by atoms with E-state index in [1.165, 1.54) is 89.9 Å². The smallest absolute Gasteiger partial charge is 0.309 e. The minimum atomic E-state index is -0.967. The quantitative estimate of drug-likeness (QED) is 0.0425. The summed E-state index contributed by atoms with van der Waals surface area (Å²) < 4.78 is 0.